The van der Waals surface area contributed by atoms with Crippen LogP contribution in [-0.4, -0.2) is 26.3 Å². The van der Waals surface area contributed by atoms with Gasteiger partial charge in [-0.25, -0.2) is 0 Å². The smallest absolute Gasteiger partial charge is 0.160 e. The molecule has 0 saturated heterocycles. The SMILES string of the molecule is C[C@@H](C(=O)C1CCC2C3CCC4C[C@](C)(O)CCC4C3CCC12C)n1cc(C#N)cn1. The summed E-state index contributed by atoms with van der Waals surface area (Å²) in [6.45, 7) is 6.37. The number of hydrogen-bond donors (Lipinski definition) is 1. The molecule has 31 heavy (non-hydrogen) atoms. The zero-order valence-corrected chi connectivity index (χ0v) is 19.3. The van der Waals surface area contributed by atoms with Gasteiger partial charge < -0.3 is 5.11 Å². The predicted octanol–water partition coefficient (Wildman–Crippen LogP) is 4.90. The fourth-order valence-electron chi connectivity index (χ4n) is 8.58. The number of nitrogens with zero attached hydrogens (tertiary/aromatic N) is 3. The molecule has 4 saturated carbocycles. The maximum absolute atomic E-state index is 13.6. The van der Waals surface area contributed by atoms with Crippen LogP contribution in [0.3, 0.4) is 0 Å². The average Bonchev–Trinajstić information content (AvgIpc) is 3.35. The highest BCUT2D eigenvalue weighted by molar-refractivity contribution is 5.85. The summed E-state index contributed by atoms with van der Waals surface area (Å²) in [5, 5.41) is 24.0. The molecule has 4 fully saturated rings. The van der Waals surface area contributed by atoms with Crippen LogP contribution >= 0.6 is 0 Å². The summed E-state index contributed by atoms with van der Waals surface area (Å²) in [6, 6.07) is 1.80. The molecule has 5 heteroatoms. The molecule has 1 aromatic rings. The topological polar surface area (TPSA) is 78.9 Å². The van der Waals surface area contributed by atoms with Crippen molar-refractivity contribution >= 4 is 5.78 Å². The van der Waals surface area contributed by atoms with Crippen LogP contribution < -0.4 is 0 Å². The van der Waals surface area contributed by atoms with E-state index in [1.165, 1.54) is 32.1 Å². The zero-order chi connectivity index (χ0) is 22.0. The van der Waals surface area contributed by atoms with Crippen molar-refractivity contribution < 1.29 is 9.90 Å². The van der Waals surface area contributed by atoms with Gasteiger partial charge in [0.2, 0.25) is 0 Å². The maximum atomic E-state index is 13.6. The summed E-state index contributed by atoms with van der Waals surface area (Å²) in [5.41, 5.74) is 0.153. The van der Waals surface area contributed by atoms with Gasteiger partial charge in [-0.1, -0.05) is 6.92 Å². The molecule has 0 radical (unpaired) electrons. The van der Waals surface area contributed by atoms with Crippen LogP contribution in [0.15, 0.2) is 12.4 Å². The summed E-state index contributed by atoms with van der Waals surface area (Å²) >= 11 is 0. The van der Waals surface area contributed by atoms with Gasteiger partial charge >= 0.3 is 0 Å². The number of Topliss-reactive ketones (excluding diaryl/α,β-unsaturated/α-hetero) is 1. The summed E-state index contributed by atoms with van der Waals surface area (Å²) < 4.78 is 1.68. The molecule has 4 aliphatic rings. The van der Waals surface area contributed by atoms with E-state index in [0.717, 1.165) is 43.4 Å². The lowest BCUT2D eigenvalue weighted by atomic mass is 9.49. The Labute approximate surface area is 186 Å². The van der Waals surface area contributed by atoms with Crippen LogP contribution in [-0.2, 0) is 4.79 Å². The van der Waals surface area contributed by atoms with Crippen LogP contribution in [0.25, 0.3) is 0 Å². The Kier molecular flexibility index (Phi) is 5.09. The highest BCUT2D eigenvalue weighted by Gasteiger charge is 2.59. The Morgan fingerprint density at radius 3 is 2.68 bits per heavy atom. The van der Waals surface area contributed by atoms with Gasteiger partial charge in [-0.2, -0.15) is 10.4 Å². The van der Waals surface area contributed by atoms with Crippen LogP contribution in [0.1, 0.15) is 90.2 Å². The molecule has 0 amide bonds. The van der Waals surface area contributed by atoms with Crippen molar-refractivity contribution in [1.82, 2.24) is 9.78 Å². The van der Waals surface area contributed by atoms with Gasteiger partial charge in [0, 0.05) is 12.1 Å². The molecular weight excluding hydrogens is 386 g/mol. The van der Waals surface area contributed by atoms with Crippen molar-refractivity contribution in [2.45, 2.75) is 90.2 Å². The molecule has 4 aliphatic carbocycles. The van der Waals surface area contributed by atoms with E-state index in [1.54, 1.807) is 17.1 Å². The Morgan fingerprint density at radius 1 is 1.16 bits per heavy atom. The zero-order valence-electron chi connectivity index (χ0n) is 19.3. The first-order valence-electron chi connectivity index (χ1n) is 12.4. The van der Waals surface area contributed by atoms with Gasteiger partial charge in [0.05, 0.1) is 17.4 Å². The van der Waals surface area contributed by atoms with E-state index in [9.17, 15) is 9.90 Å². The van der Waals surface area contributed by atoms with Gasteiger partial charge in [0.25, 0.3) is 0 Å². The molecular formula is C26H37N3O2. The molecule has 9 atom stereocenters. The summed E-state index contributed by atoms with van der Waals surface area (Å²) in [4.78, 5) is 13.6. The van der Waals surface area contributed by atoms with E-state index in [1.807, 2.05) is 13.8 Å². The number of carbonyl (C=O) groups excluding carboxylic acids is 1. The first kappa shape index (κ1) is 21.2. The van der Waals surface area contributed by atoms with Crippen LogP contribution in [0.5, 0.6) is 0 Å². The van der Waals surface area contributed by atoms with E-state index in [2.05, 4.69) is 18.1 Å². The first-order valence-corrected chi connectivity index (χ1v) is 12.4. The number of nitriles is 1. The molecule has 1 aromatic heterocycles. The molecule has 1 heterocycles. The number of aliphatic hydroxyl groups is 1. The van der Waals surface area contributed by atoms with Crippen molar-refractivity contribution in [3.8, 4) is 6.07 Å². The minimum atomic E-state index is -0.462. The van der Waals surface area contributed by atoms with Crippen molar-refractivity contribution in [3.63, 3.8) is 0 Å². The fraction of sp³-hybridized carbons (Fsp3) is 0.808. The maximum Gasteiger partial charge on any atom is 0.160 e. The highest BCUT2D eigenvalue weighted by Crippen LogP contribution is 2.65. The standard InChI is InChI=1S/C26H37N3O2/c1-16(29-15-17(13-27)14-28-29)24(30)23-7-6-22-21-5-4-18-12-25(2,31)10-8-19(18)20(21)9-11-26(22,23)3/h14-16,18-23,31H,4-12H2,1-3H3/t16-,18?,19?,20?,21?,22?,23?,25+,26?/m0/s1. The average molecular weight is 424 g/mol. The monoisotopic (exact) mass is 423 g/mol. The van der Waals surface area contributed by atoms with Crippen molar-refractivity contribution in [3.05, 3.63) is 18.0 Å². The Morgan fingerprint density at radius 2 is 1.94 bits per heavy atom. The van der Waals surface area contributed by atoms with Crippen molar-refractivity contribution in [2.24, 2.45) is 40.9 Å². The Balaban J connectivity index is 1.33. The third-order valence-electron chi connectivity index (χ3n) is 10.1. The first-order chi connectivity index (χ1) is 14.7. The lowest BCUT2D eigenvalue weighted by molar-refractivity contribution is -0.135. The fourth-order valence-corrected chi connectivity index (χ4v) is 8.58. The number of fused-ring (bicyclic) bond motifs is 5. The predicted molar refractivity (Wildman–Crippen MR) is 118 cm³/mol. The summed E-state index contributed by atoms with van der Waals surface area (Å²) in [6.07, 6.45) is 13.5. The number of rotatable bonds is 3. The van der Waals surface area contributed by atoms with Crippen molar-refractivity contribution in [2.75, 3.05) is 0 Å². The van der Waals surface area contributed by atoms with Crippen LogP contribution in [0, 0.1) is 52.3 Å². The Bertz CT molecular complexity index is 899. The van der Waals surface area contributed by atoms with E-state index in [0.29, 0.717) is 23.2 Å². The van der Waals surface area contributed by atoms with Gasteiger partial charge in [0.1, 0.15) is 12.1 Å². The molecule has 1 N–H and O–H groups in total. The number of ketones is 1. The largest absolute Gasteiger partial charge is 0.390 e. The minimum absolute atomic E-state index is 0.102. The molecule has 7 unspecified atom stereocenters. The summed E-state index contributed by atoms with van der Waals surface area (Å²) in [5.74, 6) is 4.09. The normalized spacial score (nSPS) is 45.1. The number of aromatic nitrogens is 2. The second kappa shape index (κ2) is 7.44. The summed E-state index contributed by atoms with van der Waals surface area (Å²) in [7, 11) is 0. The van der Waals surface area contributed by atoms with Crippen LogP contribution in [0.4, 0.5) is 0 Å². The van der Waals surface area contributed by atoms with Gasteiger partial charge in [-0.3, -0.25) is 9.48 Å². The van der Waals surface area contributed by atoms with Crippen LogP contribution in [0.2, 0.25) is 0 Å². The van der Waals surface area contributed by atoms with Crippen molar-refractivity contribution in [1.29, 1.82) is 5.26 Å². The number of carbonyl (C=O) groups is 1. The lowest BCUT2D eigenvalue weighted by Crippen LogP contribution is -2.51. The molecule has 5 nitrogen and oxygen atoms in total. The lowest BCUT2D eigenvalue weighted by Gasteiger charge is -2.57. The van der Waals surface area contributed by atoms with E-state index >= 15 is 0 Å². The van der Waals surface area contributed by atoms with Gasteiger partial charge in [-0.15, -0.1) is 0 Å². The van der Waals surface area contributed by atoms with Gasteiger partial charge in [0.15, 0.2) is 5.78 Å². The van der Waals surface area contributed by atoms with E-state index in [-0.39, 0.29) is 17.4 Å². The molecule has 0 aromatic carbocycles. The molecule has 5 rings (SSSR count). The van der Waals surface area contributed by atoms with E-state index < -0.39 is 5.60 Å². The molecule has 168 valence electrons. The Hall–Kier alpha value is -1.67. The molecule has 0 bridgehead atoms. The second-order valence-electron chi connectivity index (χ2n) is 11.7. The quantitative estimate of drug-likeness (QED) is 0.749. The number of hydrogen-bond acceptors (Lipinski definition) is 4. The molecule has 0 aliphatic heterocycles. The molecule has 0 spiro atoms. The van der Waals surface area contributed by atoms with Gasteiger partial charge in [-0.05, 0) is 107 Å². The minimum Gasteiger partial charge on any atom is -0.390 e. The second-order valence-corrected chi connectivity index (χ2v) is 11.7. The van der Waals surface area contributed by atoms with E-state index in [4.69, 9.17) is 5.26 Å². The third-order valence-corrected chi connectivity index (χ3v) is 10.1. The highest BCUT2D eigenvalue weighted by atomic mass is 16.3. The third kappa shape index (κ3) is 3.37.